The largest absolute Gasteiger partial charge is 0.491 e. The fraction of sp³-hybridized carbons (Fsp3) is 0.417. The summed E-state index contributed by atoms with van der Waals surface area (Å²) in [5, 5.41) is 2.82. The maximum atomic E-state index is 13.5. The quantitative estimate of drug-likeness (QED) is 0.612. The SMILES string of the molecule is CCCN=C(N)Nc1ccc(OCC)c(F)c1. The van der Waals surface area contributed by atoms with Crippen LogP contribution in [0.15, 0.2) is 23.2 Å². The lowest BCUT2D eigenvalue weighted by Crippen LogP contribution is -2.22. The average Bonchev–Trinajstić information content (AvgIpc) is 2.30. The molecule has 0 spiro atoms. The van der Waals surface area contributed by atoms with Crippen LogP contribution in [0.2, 0.25) is 0 Å². The van der Waals surface area contributed by atoms with Gasteiger partial charge >= 0.3 is 0 Å². The van der Waals surface area contributed by atoms with Crippen LogP contribution in [0.3, 0.4) is 0 Å². The van der Waals surface area contributed by atoms with Gasteiger partial charge in [-0.15, -0.1) is 0 Å². The van der Waals surface area contributed by atoms with E-state index in [9.17, 15) is 4.39 Å². The van der Waals surface area contributed by atoms with Crippen molar-refractivity contribution in [1.29, 1.82) is 0 Å². The number of anilines is 1. The Morgan fingerprint density at radius 2 is 2.24 bits per heavy atom. The van der Waals surface area contributed by atoms with Gasteiger partial charge in [0.25, 0.3) is 0 Å². The molecule has 0 heterocycles. The first kappa shape index (κ1) is 13.3. The molecule has 0 atom stereocenters. The van der Waals surface area contributed by atoms with Gasteiger partial charge in [-0.05, 0) is 25.5 Å². The Labute approximate surface area is 101 Å². The van der Waals surface area contributed by atoms with Crippen molar-refractivity contribution in [1.82, 2.24) is 0 Å². The molecular formula is C12H18FN3O. The second-order valence-corrected chi connectivity index (χ2v) is 3.47. The molecule has 0 unspecified atom stereocenters. The number of guanidine groups is 1. The van der Waals surface area contributed by atoms with Gasteiger partial charge in [0.1, 0.15) is 0 Å². The first-order valence-corrected chi connectivity index (χ1v) is 5.66. The standard InChI is InChI=1S/C12H18FN3O/c1-3-7-15-12(14)16-9-5-6-11(17-4-2)10(13)8-9/h5-6,8H,3-4,7H2,1-2H3,(H3,14,15,16). The molecular weight excluding hydrogens is 221 g/mol. The van der Waals surface area contributed by atoms with E-state index < -0.39 is 5.82 Å². The molecule has 0 saturated carbocycles. The van der Waals surface area contributed by atoms with Crippen molar-refractivity contribution < 1.29 is 9.13 Å². The second kappa shape index (κ2) is 6.73. The lowest BCUT2D eigenvalue weighted by molar-refractivity contribution is 0.321. The van der Waals surface area contributed by atoms with Gasteiger partial charge < -0.3 is 15.8 Å². The van der Waals surface area contributed by atoms with Crippen LogP contribution < -0.4 is 15.8 Å². The van der Waals surface area contributed by atoms with Crippen molar-refractivity contribution in [3.8, 4) is 5.75 Å². The highest BCUT2D eigenvalue weighted by Crippen LogP contribution is 2.20. The first-order valence-electron chi connectivity index (χ1n) is 5.66. The third-order valence-corrected chi connectivity index (χ3v) is 2.01. The number of nitrogens with zero attached hydrogens (tertiary/aromatic N) is 1. The molecule has 3 N–H and O–H groups in total. The van der Waals surface area contributed by atoms with Crippen molar-refractivity contribution in [3.05, 3.63) is 24.0 Å². The Bertz CT molecular complexity index is 393. The van der Waals surface area contributed by atoms with E-state index in [0.717, 1.165) is 6.42 Å². The van der Waals surface area contributed by atoms with E-state index in [2.05, 4.69) is 10.3 Å². The molecule has 1 aromatic rings. The predicted octanol–water partition coefficient (Wildman–Crippen LogP) is 2.36. The van der Waals surface area contributed by atoms with Crippen LogP contribution in [-0.2, 0) is 0 Å². The van der Waals surface area contributed by atoms with Crippen LogP contribution in [0, 0.1) is 5.82 Å². The van der Waals surface area contributed by atoms with Crippen LogP contribution in [0.5, 0.6) is 5.75 Å². The Morgan fingerprint density at radius 3 is 2.82 bits per heavy atom. The number of ether oxygens (including phenoxy) is 1. The lowest BCUT2D eigenvalue weighted by Gasteiger charge is -2.08. The first-order chi connectivity index (χ1) is 8.17. The van der Waals surface area contributed by atoms with Crippen LogP contribution in [0.4, 0.5) is 10.1 Å². The maximum Gasteiger partial charge on any atom is 0.193 e. The number of nitrogens with one attached hydrogen (secondary N) is 1. The van der Waals surface area contributed by atoms with E-state index in [-0.39, 0.29) is 11.7 Å². The number of rotatable bonds is 5. The normalized spacial score (nSPS) is 11.4. The molecule has 0 radical (unpaired) electrons. The molecule has 0 aliphatic carbocycles. The summed E-state index contributed by atoms with van der Waals surface area (Å²) in [6, 6.07) is 4.59. The van der Waals surface area contributed by atoms with E-state index >= 15 is 0 Å². The fourth-order valence-electron chi connectivity index (χ4n) is 1.27. The molecule has 0 aromatic heterocycles. The van der Waals surface area contributed by atoms with E-state index in [4.69, 9.17) is 10.5 Å². The van der Waals surface area contributed by atoms with Gasteiger partial charge in [-0.1, -0.05) is 6.92 Å². The molecule has 1 rings (SSSR count). The van der Waals surface area contributed by atoms with E-state index in [1.54, 1.807) is 19.1 Å². The van der Waals surface area contributed by atoms with Gasteiger partial charge in [-0.2, -0.15) is 0 Å². The molecule has 0 fully saturated rings. The zero-order valence-corrected chi connectivity index (χ0v) is 10.2. The van der Waals surface area contributed by atoms with E-state index in [1.165, 1.54) is 6.07 Å². The minimum Gasteiger partial charge on any atom is -0.491 e. The number of benzene rings is 1. The summed E-state index contributed by atoms with van der Waals surface area (Å²) in [5.74, 6) is 0.109. The predicted molar refractivity (Wildman–Crippen MR) is 68.0 cm³/mol. The summed E-state index contributed by atoms with van der Waals surface area (Å²) in [4.78, 5) is 4.06. The van der Waals surface area contributed by atoms with Crippen molar-refractivity contribution >= 4 is 11.6 Å². The lowest BCUT2D eigenvalue weighted by atomic mass is 10.3. The molecule has 5 heteroatoms. The van der Waals surface area contributed by atoms with Gasteiger partial charge in [-0.3, -0.25) is 4.99 Å². The maximum absolute atomic E-state index is 13.5. The number of hydrogen-bond acceptors (Lipinski definition) is 2. The summed E-state index contributed by atoms with van der Waals surface area (Å²) in [7, 11) is 0. The Morgan fingerprint density at radius 1 is 1.47 bits per heavy atom. The van der Waals surface area contributed by atoms with E-state index in [0.29, 0.717) is 18.8 Å². The Balaban J connectivity index is 2.70. The molecule has 4 nitrogen and oxygen atoms in total. The topological polar surface area (TPSA) is 59.6 Å². The Kier molecular flexibility index (Phi) is 5.26. The van der Waals surface area contributed by atoms with Crippen LogP contribution in [0.1, 0.15) is 20.3 Å². The van der Waals surface area contributed by atoms with Gasteiger partial charge in [0.15, 0.2) is 17.5 Å². The highest BCUT2D eigenvalue weighted by atomic mass is 19.1. The fourth-order valence-corrected chi connectivity index (χ4v) is 1.27. The summed E-state index contributed by atoms with van der Waals surface area (Å²) < 4.78 is 18.6. The zero-order chi connectivity index (χ0) is 12.7. The third kappa shape index (κ3) is 4.30. The number of aliphatic imine (C=N–C) groups is 1. The summed E-state index contributed by atoms with van der Waals surface area (Å²) in [5.41, 5.74) is 6.18. The van der Waals surface area contributed by atoms with Crippen molar-refractivity contribution in [2.24, 2.45) is 10.7 Å². The zero-order valence-electron chi connectivity index (χ0n) is 10.2. The van der Waals surface area contributed by atoms with Crippen LogP contribution in [0.25, 0.3) is 0 Å². The van der Waals surface area contributed by atoms with Crippen LogP contribution >= 0.6 is 0 Å². The Hall–Kier alpha value is -1.78. The third-order valence-electron chi connectivity index (χ3n) is 2.01. The molecule has 1 aromatic carbocycles. The molecule has 17 heavy (non-hydrogen) atoms. The van der Waals surface area contributed by atoms with Crippen molar-refractivity contribution in [3.63, 3.8) is 0 Å². The molecule has 0 amide bonds. The van der Waals surface area contributed by atoms with Crippen molar-refractivity contribution in [2.45, 2.75) is 20.3 Å². The monoisotopic (exact) mass is 239 g/mol. The number of nitrogens with two attached hydrogens (primary N) is 1. The highest BCUT2D eigenvalue weighted by molar-refractivity contribution is 5.92. The highest BCUT2D eigenvalue weighted by Gasteiger charge is 2.04. The van der Waals surface area contributed by atoms with Gasteiger partial charge in [-0.25, -0.2) is 4.39 Å². The molecule has 0 aliphatic rings. The average molecular weight is 239 g/mol. The molecule has 0 saturated heterocycles. The molecule has 94 valence electrons. The van der Waals surface area contributed by atoms with Gasteiger partial charge in [0.2, 0.25) is 0 Å². The number of hydrogen-bond donors (Lipinski definition) is 2. The minimum atomic E-state index is -0.417. The minimum absolute atomic E-state index is 0.238. The summed E-state index contributed by atoms with van der Waals surface area (Å²) in [6.45, 7) is 4.90. The second-order valence-electron chi connectivity index (χ2n) is 3.47. The number of halogens is 1. The van der Waals surface area contributed by atoms with E-state index in [1.807, 2.05) is 6.92 Å². The smallest absolute Gasteiger partial charge is 0.193 e. The van der Waals surface area contributed by atoms with Crippen LogP contribution in [-0.4, -0.2) is 19.1 Å². The molecule has 0 aliphatic heterocycles. The van der Waals surface area contributed by atoms with Gasteiger partial charge in [0, 0.05) is 18.3 Å². The molecule has 0 bridgehead atoms. The van der Waals surface area contributed by atoms with Crippen molar-refractivity contribution in [2.75, 3.05) is 18.5 Å². The summed E-state index contributed by atoms with van der Waals surface area (Å²) >= 11 is 0. The summed E-state index contributed by atoms with van der Waals surface area (Å²) in [6.07, 6.45) is 0.917. The van der Waals surface area contributed by atoms with Gasteiger partial charge in [0.05, 0.1) is 6.61 Å².